The molecule has 2 aromatic heterocycles. The predicted molar refractivity (Wildman–Crippen MR) is 74.5 cm³/mol. The van der Waals surface area contributed by atoms with Gasteiger partial charge in [-0.1, -0.05) is 0 Å². The minimum absolute atomic E-state index is 0.0228. The van der Waals surface area contributed by atoms with Crippen molar-refractivity contribution < 1.29 is 4.92 Å². The molecule has 0 atom stereocenters. The number of hydrogen-bond donors (Lipinski definition) is 1. The quantitative estimate of drug-likeness (QED) is 0.667. The number of rotatable bonds is 5. The van der Waals surface area contributed by atoms with Crippen LogP contribution >= 0.6 is 0 Å². The second-order valence-electron chi connectivity index (χ2n) is 4.91. The maximum absolute atomic E-state index is 11.2. The van der Waals surface area contributed by atoms with Gasteiger partial charge in [0.15, 0.2) is 0 Å². The molecule has 2 aromatic rings. The third kappa shape index (κ3) is 2.63. The monoisotopic (exact) mass is 278 g/mol. The van der Waals surface area contributed by atoms with Crippen LogP contribution in [0.25, 0.3) is 0 Å². The molecule has 2 heterocycles. The molecule has 1 N–H and O–H groups in total. The third-order valence-electron chi connectivity index (χ3n) is 2.93. The van der Waals surface area contributed by atoms with E-state index < -0.39 is 4.92 Å². The van der Waals surface area contributed by atoms with Gasteiger partial charge in [0, 0.05) is 19.3 Å². The molecule has 108 valence electrons. The van der Waals surface area contributed by atoms with Crippen molar-refractivity contribution in [1.29, 1.82) is 0 Å². The molecule has 0 saturated heterocycles. The minimum Gasteiger partial charge on any atom is -0.359 e. The lowest BCUT2D eigenvalue weighted by atomic mass is 10.3. The Bertz CT molecular complexity index is 628. The lowest BCUT2D eigenvalue weighted by Gasteiger charge is -2.11. The maximum Gasteiger partial charge on any atom is 0.333 e. The Hall–Kier alpha value is -2.38. The Kier molecular flexibility index (Phi) is 3.73. The second kappa shape index (κ2) is 5.32. The van der Waals surface area contributed by atoms with Crippen LogP contribution in [-0.4, -0.2) is 24.5 Å². The number of nitro groups is 1. The third-order valence-corrected chi connectivity index (χ3v) is 2.93. The van der Waals surface area contributed by atoms with Crippen LogP contribution in [0.2, 0.25) is 0 Å². The van der Waals surface area contributed by atoms with Crippen LogP contribution in [0.4, 0.5) is 11.5 Å². The van der Waals surface area contributed by atoms with E-state index in [0.717, 1.165) is 5.69 Å². The van der Waals surface area contributed by atoms with Gasteiger partial charge in [0.1, 0.15) is 5.69 Å². The standard InChI is InChI=1S/C12H18N6O2/c1-8(2)17-12(11(18(19)20)9(3)14-17)13-7-10-5-6-16(4)15-10/h5-6,8,13H,7H2,1-4H3. The zero-order valence-corrected chi connectivity index (χ0v) is 12.0. The summed E-state index contributed by atoms with van der Waals surface area (Å²) in [5.41, 5.74) is 1.25. The highest BCUT2D eigenvalue weighted by atomic mass is 16.6. The van der Waals surface area contributed by atoms with Crippen LogP contribution in [0.15, 0.2) is 12.3 Å². The van der Waals surface area contributed by atoms with E-state index in [-0.39, 0.29) is 11.7 Å². The molecule has 0 unspecified atom stereocenters. The largest absolute Gasteiger partial charge is 0.359 e. The number of aryl methyl sites for hydroxylation is 2. The van der Waals surface area contributed by atoms with Gasteiger partial charge in [-0.2, -0.15) is 10.2 Å². The van der Waals surface area contributed by atoms with Gasteiger partial charge in [-0.15, -0.1) is 0 Å². The first-order valence-corrected chi connectivity index (χ1v) is 6.36. The molecule has 0 saturated carbocycles. The molecule has 2 rings (SSSR count). The molecule has 0 aliphatic carbocycles. The Balaban J connectivity index is 2.31. The van der Waals surface area contributed by atoms with Crippen molar-refractivity contribution in [2.24, 2.45) is 7.05 Å². The molecule has 20 heavy (non-hydrogen) atoms. The highest BCUT2D eigenvalue weighted by Gasteiger charge is 2.26. The van der Waals surface area contributed by atoms with Crippen molar-refractivity contribution in [3.8, 4) is 0 Å². The summed E-state index contributed by atoms with van der Waals surface area (Å²) in [6.07, 6.45) is 1.83. The van der Waals surface area contributed by atoms with Gasteiger partial charge < -0.3 is 5.32 Å². The number of anilines is 1. The van der Waals surface area contributed by atoms with Crippen LogP contribution < -0.4 is 5.32 Å². The van der Waals surface area contributed by atoms with Crippen molar-refractivity contribution in [3.63, 3.8) is 0 Å². The fourth-order valence-electron chi connectivity index (χ4n) is 2.03. The SMILES string of the molecule is Cc1nn(C(C)C)c(NCc2ccn(C)n2)c1[N+](=O)[O-]. The summed E-state index contributed by atoms with van der Waals surface area (Å²) in [7, 11) is 1.83. The van der Waals surface area contributed by atoms with Crippen molar-refractivity contribution in [1.82, 2.24) is 19.6 Å². The highest BCUT2D eigenvalue weighted by molar-refractivity contribution is 5.59. The molecule has 0 radical (unpaired) electrons. The van der Waals surface area contributed by atoms with Crippen LogP contribution in [0, 0.1) is 17.0 Å². The van der Waals surface area contributed by atoms with Crippen LogP contribution in [0.3, 0.4) is 0 Å². The number of nitrogens with one attached hydrogen (secondary N) is 1. The summed E-state index contributed by atoms with van der Waals surface area (Å²) >= 11 is 0. The molecule has 0 aliphatic rings. The van der Waals surface area contributed by atoms with Crippen molar-refractivity contribution in [2.75, 3.05) is 5.32 Å². The first kappa shape index (κ1) is 14.0. The first-order valence-electron chi connectivity index (χ1n) is 6.36. The highest BCUT2D eigenvalue weighted by Crippen LogP contribution is 2.30. The molecule has 0 fully saturated rings. The number of nitrogens with zero attached hydrogens (tertiary/aromatic N) is 5. The summed E-state index contributed by atoms with van der Waals surface area (Å²) in [5, 5.41) is 22.7. The summed E-state index contributed by atoms with van der Waals surface area (Å²) < 4.78 is 3.33. The summed E-state index contributed by atoms with van der Waals surface area (Å²) in [5.74, 6) is 0.424. The van der Waals surface area contributed by atoms with Crippen LogP contribution in [0.5, 0.6) is 0 Å². The molecule has 0 bridgehead atoms. The molecule has 8 heteroatoms. The van der Waals surface area contributed by atoms with Crippen LogP contribution in [-0.2, 0) is 13.6 Å². The van der Waals surface area contributed by atoms with Gasteiger partial charge in [0.2, 0.25) is 5.82 Å². The average Bonchev–Trinajstić information content (AvgIpc) is 2.90. The Morgan fingerprint density at radius 2 is 2.15 bits per heavy atom. The van der Waals surface area contributed by atoms with E-state index in [0.29, 0.717) is 18.1 Å². The van der Waals surface area contributed by atoms with E-state index in [9.17, 15) is 10.1 Å². The molecule has 0 spiro atoms. The smallest absolute Gasteiger partial charge is 0.333 e. The molecule has 0 aliphatic heterocycles. The van der Waals surface area contributed by atoms with Gasteiger partial charge in [-0.3, -0.25) is 14.8 Å². The summed E-state index contributed by atoms with van der Waals surface area (Å²) in [6.45, 7) is 5.92. The summed E-state index contributed by atoms with van der Waals surface area (Å²) in [6, 6.07) is 1.90. The van der Waals surface area contributed by atoms with Gasteiger partial charge in [0.25, 0.3) is 0 Å². The topological polar surface area (TPSA) is 90.8 Å². The molecule has 0 amide bonds. The Labute approximate surface area is 116 Å². The summed E-state index contributed by atoms with van der Waals surface area (Å²) in [4.78, 5) is 10.8. The zero-order valence-electron chi connectivity index (χ0n) is 12.0. The van der Waals surface area contributed by atoms with E-state index in [2.05, 4.69) is 15.5 Å². The van der Waals surface area contributed by atoms with Gasteiger partial charge in [0.05, 0.1) is 17.2 Å². The maximum atomic E-state index is 11.2. The minimum atomic E-state index is -0.401. The Morgan fingerprint density at radius 1 is 1.45 bits per heavy atom. The average molecular weight is 278 g/mol. The molecular formula is C12H18N6O2. The van der Waals surface area contributed by atoms with Gasteiger partial charge >= 0.3 is 5.69 Å². The fraction of sp³-hybridized carbons (Fsp3) is 0.500. The fourth-order valence-corrected chi connectivity index (χ4v) is 2.03. The zero-order chi connectivity index (χ0) is 14.9. The lowest BCUT2D eigenvalue weighted by molar-refractivity contribution is -0.384. The number of hydrogen-bond acceptors (Lipinski definition) is 5. The lowest BCUT2D eigenvalue weighted by Crippen LogP contribution is -2.11. The normalized spacial score (nSPS) is 11.1. The van der Waals surface area contributed by atoms with Crippen molar-refractivity contribution in [2.45, 2.75) is 33.4 Å². The first-order chi connectivity index (χ1) is 9.40. The predicted octanol–water partition coefficient (Wildman–Crippen LogP) is 2.03. The Morgan fingerprint density at radius 3 is 2.65 bits per heavy atom. The molecular weight excluding hydrogens is 260 g/mol. The van der Waals surface area contributed by atoms with E-state index in [1.54, 1.807) is 16.3 Å². The van der Waals surface area contributed by atoms with Gasteiger partial charge in [-0.25, -0.2) is 4.68 Å². The molecule has 0 aromatic carbocycles. The number of aromatic nitrogens is 4. The molecule has 8 nitrogen and oxygen atoms in total. The van der Waals surface area contributed by atoms with Crippen molar-refractivity contribution in [3.05, 3.63) is 33.8 Å². The van der Waals surface area contributed by atoms with Crippen LogP contribution in [0.1, 0.15) is 31.3 Å². The second-order valence-corrected chi connectivity index (χ2v) is 4.91. The van der Waals surface area contributed by atoms with Gasteiger partial charge in [-0.05, 0) is 26.8 Å². The van der Waals surface area contributed by atoms with E-state index in [1.807, 2.05) is 33.2 Å². The van der Waals surface area contributed by atoms with E-state index in [1.165, 1.54) is 0 Å². The van der Waals surface area contributed by atoms with Crippen molar-refractivity contribution >= 4 is 11.5 Å². The van der Waals surface area contributed by atoms with E-state index >= 15 is 0 Å². The van der Waals surface area contributed by atoms with E-state index in [4.69, 9.17) is 0 Å².